The molecule has 0 spiro atoms. The zero-order chi connectivity index (χ0) is 17.5. The van der Waals surface area contributed by atoms with Crippen molar-refractivity contribution in [1.82, 2.24) is 0 Å². The van der Waals surface area contributed by atoms with E-state index >= 15 is 0 Å². The maximum atomic E-state index is 5.80. The summed E-state index contributed by atoms with van der Waals surface area (Å²) >= 11 is 0. The summed E-state index contributed by atoms with van der Waals surface area (Å²) in [6, 6.07) is 13.1. The summed E-state index contributed by atoms with van der Waals surface area (Å²) in [5.41, 5.74) is 6.80. The molecular weight excluding hydrogens is 296 g/mol. The predicted octanol–water partition coefficient (Wildman–Crippen LogP) is 5.78. The molecular formula is C22H30O2. The summed E-state index contributed by atoms with van der Waals surface area (Å²) in [7, 11) is 1.66. The van der Waals surface area contributed by atoms with Crippen LogP contribution in [0.15, 0.2) is 36.4 Å². The maximum Gasteiger partial charge on any atom is 0.188 e. The van der Waals surface area contributed by atoms with E-state index < -0.39 is 0 Å². The maximum absolute atomic E-state index is 5.80. The molecule has 0 fully saturated rings. The van der Waals surface area contributed by atoms with Crippen molar-refractivity contribution in [2.75, 3.05) is 13.9 Å². The van der Waals surface area contributed by atoms with Gasteiger partial charge in [-0.25, -0.2) is 0 Å². The standard InChI is InChI=1S/C22H30O2/c1-6-19(7-2)21-14-18(11-12-22(21)24-15-23-5)13-20-16(3)9-8-10-17(20)4/h8-12,14,19H,6-7,13,15H2,1-5H3. The second-order valence-corrected chi connectivity index (χ2v) is 6.48. The third-order valence-corrected chi connectivity index (χ3v) is 4.86. The van der Waals surface area contributed by atoms with Gasteiger partial charge in [-0.1, -0.05) is 44.2 Å². The van der Waals surface area contributed by atoms with E-state index in [4.69, 9.17) is 9.47 Å². The Kier molecular flexibility index (Phi) is 6.86. The van der Waals surface area contributed by atoms with E-state index in [1.165, 1.54) is 27.8 Å². The summed E-state index contributed by atoms with van der Waals surface area (Å²) in [5, 5.41) is 0. The number of ether oxygens (including phenoxy) is 2. The van der Waals surface area contributed by atoms with Crippen LogP contribution in [0, 0.1) is 13.8 Å². The van der Waals surface area contributed by atoms with Gasteiger partial charge in [0.05, 0.1) is 0 Å². The lowest BCUT2D eigenvalue weighted by Crippen LogP contribution is -2.06. The predicted molar refractivity (Wildman–Crippen MR) is 101 cm³/mol. The molecule has 2 rings (SSSR count). The average molecular weight is 326 g/mol. The first-order valence-corrected chi connectivity index (χ1v) is 8.90. The van der Waals surface area contributed by atoms with Gasteiger partial charge in [0.25, 0.3) is 0 Å². The Morgan fingerprint density at radius 1 is 0.958 bits per heavy atom. The third-order valence-electron chi connectivity index (χ3n) is 4.86. The van der Waals surface area contributed by atoms with Crippen molar-refractivity contribution in [1.29, 1.82) is 0 Å². The van der Waals surface area contributed by atoms with E-state index in [0.717, 1.165) is 25.0 Å². The van der Waals surface area contributed by atoms with Crippen molar-refractivity contribution in [3.8, 4) is 5.75 Å². The number of hydrogen-bond donors (Lipinski definition) is 0. The van der Waals surface area contributed by atoms with Crippen molar-refractivity contribution in [2.45, 2.75) is 52.9 Å². The fourth-order valence-electron chi connectivity index (χ4n) is 3.34. The molecule has 130 valence electrons. The van der Waals surface area contributed by atoms with Crippen LogP contribution in [0.5, 0.6) is 5.75 Å². The van der Waals surface area contributed by atoms with Gasteiger partial charge in [0.15, 0.2) is 6.79 Å². The molecule has 0 aromatic heterocycles. The topological polar surface area (TPSA) is 18.5 Å². The minimum Gasteiger partial charge on any atom is -0.467 e. The molecule has 0 aliphatic heterocycles. The van der Waals surface area contributed by atoms with Gasteiger partial charge >= 0.3 is 0 Å². The summed E-state index contributed by atoms with van der Waals surface area (Å²) < 4.78 is 10.9. The molecule has 0 unspecified atom stereocenters. The van der Waals surface area contributed by atoms with Crippen LogP contribution in [0.3, 0.4) is 0 Å². The fraction of sp³-hybridized carbons (Fsp3) is 0.455. The Morgan fingerprint density at radius 3 is 2.21 bits per heavy atom. The summed E-state index contributed by atoms with van der Waals surface area (Å²) in [4.78, 5) is 0. The van der Waals surface area contributed by atoms with Gasteiger partial charge < -0.3 is 9.47 Å². The van der Waals surface area contributed by atoms with Crippen molar-refractivity contribution in [3.63, 3.8) is 0 Å². The first kappa shape index (κ1) is 18.5. The van der Waals surface area contributed by atoms with E-state index in [-0.39, 0.29) is 0 Å². The molecule has 0 heterocycles. The lowest BCUT2D eigenvalue weighted by molar-refractivity contribution is 0.0501. The molecule has 24 heavy (non-hydrogen) atoms. The molecule has 2 heteroatoms. The van der Waals surface area contributed by atoms with Crippen LogP contribution in [0.25, 0.3) is 0 Å². The van der Waals surface area contributed by atoms with E-state index in [1.54, 1.807) is 7.11 Å². The molecule has 0 bridgehead atoms. The van der Waals surface area contributed by atoms with Crippen molar-refractivity contribution in [2.24, 2.45) is 0 Å². The Labute approximate surface area is 146 Å². The zero-order valence-corrected chi connectivity index (χ0v) is 15.7. The van der Waals surface area contributed by atoms with Crippen LogP contribution in [0.2, 0.25) is 0 Å². The van der Waals surface area contributed by atoms with E-state index in [0.29, 0.717) is 12.7 Å². The zero-order valence-electron chi connectivity index (χ0n) is 15.7. The highest BCUT2D eigenvalue weighted by molar-refractivity contribution is 5.43. The fourth-order valence-corrected chi connectivity index (χ4v) is 3.34. The Hall–Kier alpha value is -1.80. The number of aryl methyl sites for hydroxylation is 2. The van der Waals surface area contributed by atoms with Gasteiger partial charge in [0.1, 0.15) is 5.75 Å². The smallest absolute Gasteiger partial charge is 0.188 e. The highest BCUT2D eigenvalue weighted by atomic mass is 16.7. The van der Waals surface area contributed by atoms with Crippen LogP contribution < -0.4 is 4.74 Å². The molecule has 0 atom stereocenters. The molecule has 0 N–H and O–H groups in total. The molecule has 0 aliphatic carbocycles. The lowest BCUT2D eigenvalue weighted by atomic mass is 9.89. The summed E-state index contributed by atoms with van der Waals surface area (Å²) in [5.74, 6) is 1.48. The first-order valence-electron chi connectivity index (χ1n) is 8.90. The second-order valence-electron chi connectivity index (χ2n) is 6.48. The summed E-state index contributed by atoms with van der Waals surface area (Å²) in [6.07, 6.45) is 3.20. The highest BCUT2D eigenvalue weighted by Crippen LogP contribution is 2.33. The number of methoxy groups -OCH3 is 1. The SMILES string of the molecule is CCC(CC)c1cc(Cc2c(C)cccc2C)ccc1OCOC. The number of rotatable bonds is 8. The molecule has 0 saturated carbocycles. The summed E-state index contributed by atoms with van der Waals surface area (Å²) in [6.45, 7) is 9.17. The molecule has 0 radical (unpaired) electrons. The molecule has 2 aromatic rings. The number of benzene rings is 2. The molecule has 2 nitrogen and oxygen atoms in total. The Bertz CT molecular complexity index is 637. The average Bonchev–Trinajstić information content (AvgIpc) is 2.58. The Balaban J connectivity index is 2.36. The molecule has 0 amide bonds. The highest BCUT2D eigenvalue weighted by Gasteiger charge is 2.15. The van der Waals surface area contributed by atoms with Crippen molar-refractivity contribution < 1.29 is 9.47 Å². The van der Waals surface area contributed by atoms with Crippen LogP contribution in [0.1, 0.15) is 60.4 Å². The van der Waals surface area contributed by atoms with Crippen LogP contribution in [-0.4, -0.2) is 13.9 Å². The van der Waals surface area contributed by atoms with Gasteiger partial charge in [-0.2, -0.15) is 0 Å². The Morgan fingerprint density at radius 2 is 1.62 bits per heavy atom. The second kappa shape index (κ2) is 8.89. The quantitative estimate of drug-likeness (QED) is 0.572. The van der Waals surface area contributed by atoms with Gasteiger partial charge in [-0.3, -0.25) is 0 Å². The van der Waals surface area contributed by atoms with E-state index in [1.807, 2.05) is 0 Å². The lowest BCUT2D eigenvalue weighted by Gasteiger charge is -2.19. The van der Waals surface area contributed by atoms with E-state index in [2.05, 4.69) is 64.1 Å². The van der Waals surface area contributed by atoms with Gasteiger partial charge in [0.2, 0.25) is 0 Å². The third kappa shape index (κ3) is 4.39. The van der Waals surface area contributed by atoms with Crippen molar-refractivity contribution in [3.05, 3.63) is 64.2 Å². The minimum absolute atomic E-state index is 0.295. The first-order chi connectivity index (χ1) is 11.6. The van der Waals surface area contributed by atoms with Crippen LogP contribution in [-0.2, 0) is 11.2 Å². The number of hydrogen-bond acceptors (Lipinski definition) is 2. The van der Waals surface area contributed by atoms with Gasteiger partial charge in [0, 0.05) is 7.11 Å². The largest absolute Gasteiger partial charge is 0.467 e. The van der Waals surface area contributed by atoms with Crippen molar-refractivity contribution >= 4 is 0 Å². The van der Waals surface area contributed by atoms with Gasteiger partial charge in [-0.15, -0.1) is 0 Å². The normalized spacial score (nSPS) is 11.1. The monoisotopic (exact) mass is 326 g/mol. The molecule has 0 saturated heterocycles. The minimum atomic E-state index is 0.295. The molecule has 2 aromatic carbocycles. The van der Waals surface area contributed by atoms with Crippen LogP contribution in [0.4, 0.5) is 0 Å². The molecule has 0 aliphatic rings. The van der Waals surface area contributed by atoms with Gasteiger partial charge in [-0.05, 0) is 72.9 Å². The van der Waals surface area contributed by atoms with Crippen LogP contribution >= 0.6 is 0 Å². The van der Waals surface area contributed by atoms with E-state index in [9.17, 15) is 0 Å².